The van der Waals surface area contributed by atoms with Crippen molar-refractivity contribution in [1.29, 1.82) is 0 Å². The van der Waals surface area contributed by atoms with Crippen LogP contribution in [0.3, 0.4) is 0 Å². The van der Waals surface area contributed by atoms with Crippen LogP contribution >= 0.6 is 0 Å². The summed E-state index contributed by atoms with van der Waals surface area (Å²) in [6, 6.07) is -0.538. The van der Waals surface area contributed by atoms with Crippen molar-refractivity contribution in [3.05, 3.63) is 36.5 Å². The molecular formula is C73H139NO5. The Kier molecular flexibility index (Phi) is 66.9. The Morgan fingerprint density at radius 2 is 0.633 bits per heavy atom. The van der Waals surface area contributed by atoms with Gasteiger partial charge in [0.05, 0.1) is 25.4 Å². The van der Waals surface area contributed by atoms with E-state index in [1.807, 2.05) is 0 Å². The zero-order valence-corrected chi connectivity index (χ0v) is 53.4. The molecule has 0 spiro atoms. The number of carbonyl (C=O) groups excluding carboxylic acids is 2. The third-order valence-electron chi connectivity index (χ3n) is 16.7. The molecule has 0 rings (SSSR count). The van der Waals surface area contributed by atoms with Gasteiger partial charge in [0.25, 0.3) is 0 Å². The molecule has 466 valence electrons. The summed E-state index contributed by atoms with van der Waals surface area (Å²) in [5, 5.41) is 23.3. The smallest absolute Gasteiger partial charge is 0.305 e. The van der Waals surface area contributed by atoms with Crippen molar-refractivity contribution >= 4 is 11.9 Å². The van der Waals surface area contributed by atoms with Crippen LogP contribution < -0.4 is 5.32 Å². The number of nitrogens with one attached hydrogen (secondary N) is 1. The summed E-state index contributed by atoms with van der Waals surface area (Å²) < 4.78 is 5.48. The second-order valence-electron chi connectivity index (χ2n) is 24.6. The van der Waals surface area contributed by atoms with Crippen LogP contribution in [0.4, 0.5) is 0 Å². The quantitative estimate of drug-likeness (QED) is 0.0320. The number of carbonyl (C=O) groups is 2. The number of aliphatic hydroxyl groups is 2. The largest absolute Gasteiger partial charge is 0.466 e. The predicted octanol–water partition coefficient (Wildman–Crippen LogP) is 23.1. The van der Waals surface area contributed by atoms with Gasteiger partial charge < -0.3 is 20.3 Å². The number of amides is 1. The van der Waals surface area contributed by atoms with Crippen molar-refractivity contribution in [3.63, 3.8) is 0 Å². The summed E-state index contributed by atoms with van der Waals surface area (Å²) in [6.07, 6.45) is 87.9. The predicted molar refractivity (Wildman–Crippen MR) is 347 cm³/mol. The van der Waals surface area contributed by atoms with Gasteiger partial charge in [-0.1, -0.05) is 333 Å². The minimum atomic E-state index is -0.661. The van der Waals surface area contributed by atoms with Crippen molar-refractivity contribution in [2.45, 2.75) is 405 Å². The number of unbranched alkanes of at least 4 members (excludes halogenated alkanes) is 50. The van der Waals surface area contributed by atoms with Crippen molar-refractivity contribution in [2.24, 2.45) is 0 Å². The third kappa shape index (κ3) is 65.1. The number of aliphatic hydroxyl groups excluding tert-OH is 2. The number of ether oxygens (including phenoxy) is 1. The Labute approximate surface area is 494 Å². The van der Waals surface area contributed by atoms with Gasteiger partial charge in [0, 0.05) is 12.8 Å². The fraction of sp³-hybridized carbons (Fsp3) is 0.890. The maximum atomic E-state index is 12.5. The number of allylic oxidation sites excluding steroid dienone is 6. The molecule has 2 unspecified atom stereocenters. The molecule has 0 aromatic rings. The van der Waals surface area contributed by atoms with E-state index in [-0.39, 0.29) is 18.5 Å². The van der Waals surface area contributed by atoms with Gasteiger partial charge in [0.2, 0.25) is 5.91 Å². The molecule has 0 aliphatic carbocycles. The first-order valence-electron chi connectivity index (χ1n) is 35.7. The standard InChI is InChI=1S/C73H139NO5/c1-3-5-7-9-11-13-15-42-47-51-55-59-63-67-73(78)79-68-64-60-56-52-48-44-41-39-37-35-33-31-29-27-25-23-21-19-17-18-20-22-24-26-28-30-32-34-36-38-40-43-46-50-54-58-62-66-72(77)74-70(69-75)71(76)65-61-57-53-49-45-16-14-12-10-8-6-4-2/h13,15,17,19,23,25,70-71,75-76H,3-12,14,16,18,20-22,24,26-69H2,1-2H3,(H,74,77)/b15-13-,19-17-,25-23-. The SMILES string of the molecule is CCCCCC/C=C\CCCCCCCC(=O)OCCCCCCCCCCCCCCC/C=C\C/C=C\CCCCCCCCCCCCCCCCCCCC(=O)NC(CO)C(O)CCCCCCCCCCCCCC. The molecule has 0 bridgehead atoms. The minimum Gasteiger partial charge on any atom is -0.466 e. The highest BCUT2D eigenvalue weighted by Crippen LogP contribution is 2.19. The molecule has 3 N–H and O–H groups in total. The van der Waals surface area contributed by atoms with Gasteiger partial charge in [-0.3, -0.25) is 9.59 Å². The Hall–Kier alpha value is -1.92. The molecule has 0 saturated carbocycles. The second kappa shape index (κ2) is 68.6. The van der Waals surface area contributed by atoms with Crippen LogP contribution in [0.5, 0.6) is 0 Å². The van der Waals surface area contributed by atoms with Crippen LogP contribution in [0.15, 0.2) is 36.5 Å². The van der Waals surface area contributed by atoms with Gasteiger partial charge in [0.15, 0.2) is 0 Å². The van der Waals surface area contributed by atoms with Gasteiger partial charge >= 0.3 is 5.97 Å². The van der Waals surface area contributed by atoms with Crippen molar-refractivity contribution in [2.75, 3.05) is 13.2 Å². The third-order valence-corrected chi connectivity index (χ3v) is 16.7. The molecule has 0 aliphatic rings. The van der Waals surface area contributed by atoms with E-state index in [9.17, 15) is 19.8 Å². The van der Waals surface area contributed by atoms with Gasteiger partial charge in [0.1, 0.15) is 0 Å². The lowest BCUT2D eigenvalue weighted by Crippen LogP contribution is -2.45. The lowest BCUT2D eigenvalue weighted by atomic mass is 10.0. The normalized spacial score (nSPS) is 12.7. The van der Waals surface area contributed by atoms with E-state index < -0.39 is 12.1 Å². The Morgan fingerprint density at radius 3 is 0.987 bits per heavy atom. The molecule has 0 fully saturated rings. The lowest BCUT2D eigenvalue weighted by molar-refractivity contribution is -0.143. The first kappa shape index (κ1) is 77.1. The van der Waals surface area contributed by atoms with Gasteiger partial charge in [-0.2, -0.15) is 0 Å². The molecule has 0 saturated heterocycles. The Morgan fingerprint density at radius 1 is 0.354 bits per heavy atom. The molecule has 0 aromatic carbocycles. The van der Waals surface area contributed by atoms with E-state index in [1.165, 1.54) is 308 Å². The Bertz CT molecular complexity index is 1280. The zero-order valence-electron chi connectivity index (χ0n) is 53.4. The van der Waals surface area contributed by atoms with Gasteiger partial charge in [-0.05, 0) is 83.5 Å². The van der Waals surface area contributed by atoms with E-state index in [0.29, 0.717) is 25.9 Å². The second-order valence-corrected chi connectivity index (χ2v) is 24.6. The van der Waals surface area contributed by atoms with E-state index in [2.05, 4.69) is 55.6 Å². The van der Waals surface area contributed by atoms with Crippen molar-refractivity contribution in [1.82, 2.24) is 5.32 Å². The maximum absolute atomic E-state index is 12.5. The van der Waals surface area contributed by atoms with Crippen LogP contribution in [0.25, 0.3) is 0 Å². The molecule has 0 radical (unpaired) electrons. The summed E-state index contributed by atoms with van der Waals surface area (Å²) in [7, 11) is 0. The fourth-order valence-corrected chi connectivity index (χ4v) is 11.2. The zero-order chi connectivity index (χ0) is 57.1. The van der Waals surface area contributed by atoms with Crippen LogP contribution in [0, 0.1) is 0 Å². The van der Waals surface area contributed by atoms with Crippen LogP contribution in [0.2, 0.25) is 0 Å². The molecule has 6 heteroatoms. The Balaban J connectivity index is 3.35. The minimum absolute atomic E-state index is 0.00968. The van der Waals surface area contributed by atoms with E-state index in [1.54, 1.807) is 0 Å². The summed E-state index contributed by atoms with van der Waals surface area (Å²) in [6.45, 7) is 4.95. The molecule has 0 aliphatic heterocycles. The number of hydrogen-bond donors (Lipinski definition) is 3. The summed E-state index contributed by atoms with van der Waals surface area (Å²) in [5.74, 6) is -0.0213. The highest BCUT2D eigenvalue weighted by atomic mass is 16.5. The van der Waals surface area contributed by atoms with E-state index in [0.717, 1.165) is 51.4 Å². The molecule has 0 heterocycles. The topological polar surface area (TPSA) is 95.9 Å². The molecule has 2 atom stereocenters. The van der Waals surface area contributed by atoms with Crippen LogP contribution in [-0.2, 0) is 14.3 Å². The summed E-state index contributed by atoms with van der Waals surface area (Å²) in [5.41, 5.74) is 0. The maximum Gasteiger partial charge on any atom is 0.305 e. The molecule has 79 heavy (non-hydrogen) atoms. The van der Waals surface area contributed by atoms with Gasteiger partial charge in [-0.25, -0.2) is 0 Å². The first-order chi connectivity index (χ1) is 39.0. The van der Waals surface area contributed by atoms with Crippen LogP contribution in [-0.4, -0.2) is 47.4 Å². The van der Waals surface area contributed by atoms with Gasteiger partial charge in [-0.15, -0.1) is 0 Å². The number of rotatable bonds is 67. The van der Waals surface area contributed by atoms with E-state index in [4.69, 9.17) is 4.74 Å². The average Bonchev–Trinajstić information content (AvgIpc) is 3.45. The highest BCUT2D eigenvalue weighted by molar-refractivity contribution is 5.76. The van der Waals surface area contributed by atoms with Crippen molar-refractivity contribution in [3.8, 4) is 0 Å². The summed E-state index contributed by atoms with van der Waals surface area (Å²) >= 11 is 0. The van der Waals surface area contributed by atoms with Crippen molar-refractivity contribution < 1.29 is 24.5 Å². The molecule has 6 nitrogen and oxygen atoms in total. The highest BCUT2D eigenvalue weighted by Gasteiger charge is 2.20. The monoisotopic (exact) mass is 1110 g/mol. The summed E-state index contributed by atoms with van der Waals surface area (Å²) in [4.78, 5) is 24.5. The average molecular weight is 1110 g/mol. The lowest BCUT2D eigenvalue weighted by Gasteiger charge is -2.22. The molecule has 0 aromatic heterocycles. The molecular weight excluding hydrogens is 971 g/mol. The fourth-order valence-electron chi connectivity index (χ4n) is 11.2. The number of esters is 1. The number of hydrogen-bond acceptors (Lipinski definition) is 5. The van der Waals surface area contributed by atoms with Crippen LogP contribution in [0.1, 0.15) is 393 Å². The molecule has 1 amide bonds. The van der Waals surface area contributed by atoms with E-state index >= 15 is 0 Å². The first-order valence-corrected chi connectivity index (χ1v) is 35.7.